The number of H-pyrrole nitrogens is 1. The fourth-order valence-corrected chi connectivity index (χ4v) is 4.55. The number of aliphatic hydroxyl groups is 2. The minimum Gasteiger partial charge on any atom is -0.480 e. The van der Waals surface area contributed by atoms with Gasteiger partial charge in [-0.15, -0.1) is 0 Å². The number of carboxylic acid groups (broad SMARTS) is 1. The summed E-state index contributed by atoms with van der Waals surface area (Å²) in [4.78, 5) is 36.5. The highest BCUT2D eigenvalue weighted by atomic mass is 31.2. The van der Waals surface area contributed by atoms with Gasteiger partial charge in [-0.3, -0.25) is 19.1 Å². The zero-order chi connectivity index (χ0) is 24.4. The van der Waals surface area contributed by atoms with Crippen LogP contribution in [-0.4, -0.2) is 66.5 Å². The highest BCUT2D eigenvalue weighted by Crippen LogP contribution is 2.46. The summed E-state index contributed by atoms with van der Waals surface area (Å²) in [5.41, 5.74) is -3.82. The molecule has 0 spiro atoms. The lowest BCUT2D eigenvalue weighted by Crippen LogP contribution is -2.47. The minimum atomic E-state index is -4.32. The molecule has 3 rings (SSSR count). The lowest BCUT2D eigenvalue weighted by Gasteiger charge is -2.26. The first-order valence-corrected chi connectivity index (χ1v) is 11.2. The predicted octanol–water partition coefficient (Wildman–Crippen LogP) is -0.793. The number of carboxylic acids is 1. The summed E-state index contributed by atoms with van der Waals surface area (Å²) in [6.45, 7) is 1.77. The first-order chi connectivity index (χ1) is 15.4. The zero-order valence-corrected chi connectivity index (χ0v) is 18.4. The number of nitrogens with zero attached hydrogens (tertiary/aromatic N) is 2. The fraction of sp³-hybridized carbons (Fsp3) is 0.444. The van der Waals surface area contributed by atoms with E-state index in [1.165, 1.54) is 26.0 Å². The van der Waals surface area contributed by atoms with Crippen LogP contribution in [0, 0.1) is 0 Å². The Balaban J connectivity index is 1.80. The van der Waals surface area contributed by atoms with E-state index in [4.69, 9.17) is 18.9 Å². The fourth-order valence-electron chi connectivity index (χ4n) is 3.04. The van der Waals surface area contributed by atoms with Crippen LogP contribution in [0.2, 0.25) is 0 Å². The van der Waals surface area contributed by atoms with Crippen LogP contribution in [0.1, 0.15) is 20.1 Å². The number of para-hydroxylation sites is 1. The van der Waals surface area contributed by atoms with Crippen LogP contribution in [0.15, 0.2) is 46.1 Å². The van der Waals surface area contributed by atoms with Gasteiger partial charge in [-0.1, -0.05) is 18.2 Å². The van der Waals surface area contributed by atoms with Crippen LogP contribution in [0.3, 0.4) is 0 Å². The van der Waals surface area contributed by atoms with Gasteiger partial charge in [-0.2, -0.15) is 14.9 Å². The Bertz CT molecular complexity index is 1150. The molecule has 0 aliphatic carbocycles. The molecular formula is C18H23N4O10P. The number of nitrogens with one attached hydrogen (secondary N) is 2. The number of carbonyl (C=O) groups is 1. The third-order valence-electron chi connectivity index (χ3n) is 4.81. The normalized spacial score (nSPS) is 27.6. The summed E-state index contributed by atoms with van der Waals surface area (Å²) in [7, 11) is -4.32. The molecule has 1 aliphatic rings. The molecule has 1 aromatic carbocycles. The third-order valence-corrected chi connectivity index (χ3v) is 6.46. The SMILES string of the molecule is C[C@H](N[P@](=O)(OC[C@H]1O[C@@H](n2ncc(=O)[nH]c2=O)[C@](C)(O)[C@@H]1O)Oc1ccccc1)C(=O)O. The summed E-state index contributed by atoms with van der Waals surface area (Å²) < 4.78 is 30.1. The number of hydrogen-bond donors (Lipinski definition) is 5. The maximum Gasteiger partial charge on any atom is 0.459 e. The molecule has 5 N–H and O–H groups in total. The largest absolute Gasteiger partial charge is 0.480 e. The second-order valence-corrected chi connectivity index (χ2v) is 9.16. The summed E-state index contributed by atoms with van der Waals surface area (Å²) in [5.74, 6) is -1.20. The van der Waals surface area contributed by atoms with E-state index in [-0.39, 0.29) is 5.75 Å². The molecule has 2 aromatic rings. The van der Waals surface area contributed by atoms with Crippen molar-refractivity contribution < 1.29 is 38.5 Å². The topological polar surface area (TPSA) is 202 Å². The molecule has 1 aliphatic heterocycles. The summed E-state index contributed by atoms with van der Waals surface area (Å²) >= 11 is 0. The zero-order valence-electron chi connectivity index (χ0n) is 17.5. The van der Waals surface area contributed by atoms with E-state index < -0.39 is 61.7 Å². The van der Waals surface area contributed by atoms with Gasteiger partial charge in [-0.05, 0) is 26.0 Å². The molecule has 180 valence electrons. The Kier molecular flexibility index (Phi) is 7.17. The average Bonchev–Trinajstić information content (AvgIpc) is 2.96. The number of rotatable bonds is 9. The quantitative estimate of drug-likeness (QED) is 0.277. The van der Waals surface area contributed by atoms with Gasteiger partial charge in [0, 0.05) is 0 Å². The van der Waals surface area contributed by atoms with Crippen LogP contribution >= 0.6 is 7.75 Å². The van der Waals surface area contributed by atoms with E-state index in [1.54, 1.807) is 18.2 Å². The van der Waals surface area contributed by atoms with Gasteiger partial charge >= 0.3 is 19.4 Å². The minimum absolute atomic E-state index is 0.118. The molecule has 0 radical (unpaired) electrons. The average molecular weight is 486 g/mol. The summed E-state index contributed by atoms with van der Waals surface area (Å²) in [6, 6.07) is 6.50. The van der Waals surface area contributed by atoms with E-state index in [2.05, 4.69) is 10.2 Å². The number of aromatic nitrogens is 3. The second kappa shape index (κ2) is 9.55. The van der Waals surface area contributed by atoms with E-state index >= 15 is 0 Å². The molecule has 0 unspecified atom stereocenters. The van der Waals surface area contributed by atoms with Gasteiger partial charge in [-0.25, -0.2) is 9.36 Å². The molecule has 14 nitrogen and oxygen atoms in total. The Hall–Kier alpha value is -2.87. The molecule has 15 heteroatoms. The molecule has 2 heterocycles. The van der Waals surface area contributed by atoms with Gasteiger partial charge in [0.1, 0.15) is 35.8 Å². The molecule has 1 fully saturated rings. The molecule has 33 heavy (non-hydrogen) atoms. The Morgan fingerprint density at radius 1 is 1.39 bits per heavy atom. The van der Waals surface area contributed by atoms with Crippen molar-refractivity contribution in [2.75, 3.05) is 6.61 Å². The van der Waals surface area contributed by atoms with Crippen LogP contribution < -0.4 is 20.9 Å². The molecule has 1 aromatic heterocycles. The van der Waals surface area contributed by atoms with Gasteiger partial charge < -0.3 is 24.6 Å². The van der Waals surface area contributed by atoms with Crippen molar-refractivity contribution in [3.8, 4) is 5.75 Å². The number of aliphatic carboxylic acids is 1. The van der Waals surface area contributed by atoms with Crippen LogP contribution in [0.25, 0.3) is 0 Å². The number of hydrogen-bond acceptors (Lipinski definition) is 10. The van der Waals surface area contributed by atoms with Crippen molar-refractivity contribution in [1.82, 2.24) is 19.9 Å². The van der Waals surface area contributed by atoms with Gasteiger partial charge in [0.2, 0.25) is 0 Å². The lowest BCUT2D eigenvalue weighted by molar-refractivity contribution is -0.138. The highest BCUT2D eigenvalue weighted by Gasteiger charge is 2.54. The van der Waals surface area contributed by atoms with Gasteiger partial charge in [0.25, 0.3) is 5.56 Å². The number of benzene rings is 1. The second-order valence-electron chi connectivity index (χ2n) is 7.47. The van der Waals surface area contributed by atoms with E-state index in [0.717, 1.165) is 6.20 Å². The van der Waals surface area contributed by atoms with Crippen molar-refractivity contribution in [2.24, 2.45) is 0 Å². The van der Waals surface area contributed by atoms with Gasteiger partial charge in [0.05, 0.1) is 6.61 Å². The van der Waals surface area contributed by atoms with Crippen LogP contribution in [-0.2, 0) is 18.6 Å². The van der Waals surface area contributed by atoms with E-state index in [1.807, 2.05) is 4.98 Å². The summed E-state index contributed by atoms with van der Waals surface area (Å²) in [6.07, 6.45) is -3.72. The molecule has 0 saturated carbocycles. The third kappa shape index (κ3) is 5.55. The standard InChI is InChI=1S/C18H23N4O10P/c1-10(15(25)26)21-33(29,32-11-6-4-3-5-7-11)30-9-12-14(24)18(2,28)16(31-12)22-17(27)20-13(23)8-19-22/h3-8,10,12,14,16,24,28H,9H2,1-2H3,(H,21,29)(H,25,26)(H,20,23,27)/t10-,12+,14+,16+,18+,33-/m0/s1. The van der Waals surface area contributed by atoms with Crippen LogP contribution in [0.5, 0.6) is 5.75 Å². The van der Waals surface area contributed by atoms with Crippen molar-refractivity contribution in [2.45, 2.75) is 43.9 Å². The molecule has 0 amide bonds. The molecular weight excluding hydrogens is 463 g/mol. The Morgan fingerprint density at radius 2 is 2.06 bits per heavy atom. The molecule has 0 bridgehead atoms. The van der Waals surface area contributed by atoms with E-state index in [0.29, 0.717) is 4.68 Å². The van der Waals surface area contributed by atoms with Gasteiger partial charge in [0.15, 0.2) is 6.23 Å². The molecule has 1 saturated heterocycles. The van der Waals surface area contributed by atoms with Crippen molar-refractivity contribution in [1.29, 1.82) is 0 Å². The highest BCUT2D eigenvalue weighted by molar-refractivity contribution is 7.52. The molecule has 6 atom stereocenters. The predicted molar refractivity (Wildman–Crippen MR) is 111 cm³/mol. The summed E-state index contributed by atoms with van der Waals surface area (Å²) in [5, 5.41) is 36.3. The van der Waals surface area contributed by atoms with Crippen molar-refractivity contribution >= 4 is 13.7 Å². The monoisotopic (exact) mass is 486 g/mol. The smallest absolute Gasteiger partial charge is 0.459 e. The number of ether oxygens (including phenoxy) is 1. The first-order valence-electron chi connectivity index (χ1n) is 9.67. The number of aliphatic hydroxyl groups excluding tert-OH is 1. The maximum atomic E-state index is 13.2. The number of aromatic amines is 1. The van der Waals surface area contributed by atoms with Crippen molar-refractivity contribution in [3.63, 3.8) is 0 Å². The Labute approximate surface area is 186 Å². The first kappa shape index (κ1) is 24.8. The maximum absolute atomic E-state index is 13.2. The van der Waals surface area contributed by atoms with Crippen molar-refractivity contribution in [3.05, 3.63) is 57.4 Å². The lowest BCUT2D eigenvalue weighted by atomic mass is 9.97. The van der Waals surface area contributed by atoms with Crippen LogP contribution in [0.4, 0.5) is 0 Å². The Morgan fingerprint density at radius 3 is 2.67 bits per heavy atom. The van der Waals surface area contributed by atoms with E-state index in [9.17, 15) is 29.2 Å².